The first-order chi connectivity index (χ1) is 6.50. The van der Waals surface area contributed by atoms with E-state index < -0.39 is 16.2 Å². The molecule has 9 heteroatoms. The molecule has 0 fully saturated rings. The van der Waals surface area contributed by atoms with E-state index in [2.05, 4.69) is 0 Å². The first-order valence-corrected chi connectivity index (χ1v) is 4.76. The molecule has 1 N–H and O–H groups in total. The number of nitrogens with one attached hydrogen (secondary N) is 1. The van der Waals surface area contributed by atoms with Crippen LogP contribution in [0.4, 0.5) is 11.4 Å². The second-order valence-electron chi connectivity index (χ2n) is 2.26. The summed E-state index contributed by atoms with van der Waals surface area (Å²) in [7, 11) is 0. The Bertz CT molecular complexity index is 403. The van der Waals surface area contributed by atoms with Gasteiger partial charge in [-0.25, -0.2) is 0 Å². The fourth-order valence-corrected chi connectivity index (χ4v) is 1.32. The number of halogens is 1. The molecule has 0 saturated carbocycles. The summed E-state index contributed by atoms with van der Waals surface area (Å²) in [6.07, 6.45) is 0. The van der Waals surface area contributed by atoms with Gasteiger partial charge in [-0.15, -0.1) is 0 Å². The Hall–Kier alpha value is -0.180. The molecule has 1 unspecified atom stereocenters. The number of hydrogen-bond donors (Lipinski definition) is 1. The van der Waals surface area contributed by atoms with Gasteiger partial charge >= 0.3 is 0 Å². The average Bonchev–Trinajstić information content (AvgIpc) is 2.07. The van der Waals surface area contributed by atoms with Crippen molar-refractivity contribution >= 4 is 63.8 Å². The van der Waals surface area contributed by atoms with Crippen LogP contribution >= 0.6 is 11.6 Å². The van der Waals surface area contributed by atoms with E-state index in [0.717, 1.165) is 6.07 Å². The van der Waals surface area contributed by atoms with Crippen molar-refractivity contribution in [1.82, 2.24) is 0 Å². The van der Waals surface area contributed by atoms with Crippen molar-refractivity contribution < 1.29 is 13.7 Å². The van der Waals surface area contributed by atoms with Crippen molar-refractivity contribution in [2.75, 3.05) is 4.72 Å². The fourth-order valence-electron chi connectivity index (χ4n) is 0.812. The molecule has 0 saturated heterocycles. The van der Waals surface area contributed by atoms with Crippen molar-refractivity contribution in [3.63, 3.8) is 0 Å². The van der Waals surface area contributed by atoms with Crippen molar-refractivity contribution in [2.45, 2.75) is 0 Å². The summed E-state index contributed by atoms with van der Waals surface area (Å²) in [5.74, 6) is 0. The maximum atomic E-state index is 10.4. The summed E-state index contributed by atoms with van der Waals surface area (Å²) in [5.41, 5.74) is -0.253. The van der Waals surface area contributed by atoms with E-state index >= 15 is 0 Å². The van der Waals surface area contributed by atoms with Gasteiger partial charge in [-0.1, -0.05) is 11.6 Å². The molecule has 1 aromatic carbocycles. The zero-order valence-corrected chi connectivity index (χ0v) is 11.2. The van der Waals surface area contributed by atoms with Crippen molar-refractivity contribution in [1.29, 1.82) is 0 Å². The topological polar surface area (TPSA) is 95.3 Å². The molecule has 1 atom stereocenters. The summed E-state index contributed by atoms with van der Waals surface area (Å²) in [6, 6.07) is 3.61. The summed E-state index contributed by atoms with van der Waals surface area (Å²) in [4.78, 5) is 9.71. The van der Waals surface area contributed by atoms with E-state index in [4.69, 9.17) is 11.6 Å². The molecule has 0 aliphatic heterocycles. The summed E-state index contributed by atoms with van der Waals surface area (Å²) in [6.45, 7) is 0. The van der Waals surface area contributed by atoms with Crippen LogP contribution in [0.1, 0.15) is 0 Å². The van der Waals surface area contributed by atoms with Gasteiger partial charge in [0.15, 0.2) is 0 Å². The zero-order valence-electron chi connectivity index (χ0n) is 7.60. The molecule has 0 amide bonds. The van der Waals surface area contributed by atoms with Gasteiger partial charge in [0.1, 0.15) is 5.02 Å². The van der Waals surface area contributed by atoms with Crippen molar-refractivity contribution in [2.24, 2.45) is 0 Å². The van der Waals surface area contributed by atoms with E-state index in [0.29, 0.717) is 0 Å². The van der Waals surface area contributed by atoms with Crippen LogP contribution in [0, 0.1) is 10.1 Å². The SMILES string of the molecule is O=[N+]([O-])c1cc(NS(=O)[O-])ccc1Cl.[Na]. The molecule has 77 valence electrons. The van der Waals surface area contributed by atoms with Gasteiger partial charge in [-0.3, -0.25) is 14.3 Å². The molecule has 15 heavy (non-hydrogen) atoms. The first kappa shape index (κ1) is 14.8. The van der Waals surface area contributed by atoms with Crippen LogP contribution in [0.2, 0.25) is 5.02 Å². The Labute approximate surface area is 115 Å². The maximum Gasteiger partial charge on any atom is 0.289 e. The fraction of sp³-hybridized carbons (Fsp3) is 0. The van der Waals surface area contributed by atoms with Gasteiger partial charge in [0.2, 0.25) is 0 Å². The molecule has 1 aromatic rings. The molecule has 0 heterocycles. The molecule has 0 aliphatic rings. The third-order valence-electron chi connectivity index (χ3n) is 1.34. The zero-order chi connectivity index (χ0) is 10.7. The third kappa shape index (κ3) is 4.45. The Morgan fingerprint density at radius 3 is 2.53 bits per heavy atom. The quantitative estimate of drug-likeness (QED) is 0.380. The number of benzene rings is 1. The summed E-state index contributed by atoms with van der Waals surface area (Å²) >= 11 is 2.99. The first-order valence-electron chi connectivity index (χ1n) is 3.30. The standard InChI is InChI=1S/C6H5ClN2O4S.Na/c7-5-2-1-4(8-14(12)13)3-6(5)9(10)11;/h1-3,8H,(H,12,13);/p-1. The molecular formula is C6H4ClN2NaO4S-. The molecule has 0 aromatic heterocycles. The van der Waals surface area contributed by atoms with Crippen LogP contribution in [-0.4, -0.2) is 43.2 Å². The van der Waals surface area contributed by atoms with E-state index in [1.165, 1.54) is 12.1 Å². The number of nitro groups is 1. The largest absolute Gasteiger partial charge is 0.755 e. The second kappa shape index (κ2) is 6.41. The van der Waals surface area contributed by atoms with Crippen molar-refractivity contribution in [3.8, 4) is 0 Å². The molecular weight excluding hydrogens is 255 g/mol. The Morgan fingerprint density at radius 1 is 1.47 bits per heavy atom. The minimum Gasteiger partial charge on any atom is -0.755 e. The summed E-state index contributed by atoms with van der Waals surface area (Å²) < 4.78 is 22.4. The average molecular weight is 259 g/mol. The second-order valence-corrected chi connectivity index (χ2v) is 3.34. The monoisotopic (exact) mass is 258 g/mol. The smallest absolute Gasteiger partial charge is 0.289 e. The number of nitro benzene ring substituents is 1. The predicted molar refractivity (Wildman–Crippen MR) is 56.4 cm³/mol. The Morgan fingerprint density at radius 2 is 2.07 bits per heavy atom. The minimum atomic E-state index is -2.51. The van der Waals surface area contributed by atoms with Crippen LogP contribution < -0.4 is 4.72 Å². The van der Waals surface area contributed by atoms with Gasteiger partial charge in [-0.2, -0.15) is 0 Å². The molecule has 6 nitrogen and oxygen atoms in total. The van der Waals surface area contributed by atoms with Gasteiger partial charge in [0, 0.05) is 46.9 Å². The van der Waals surface area contributed by atoms with E-state index in [-0.39, 0.29) is 46.0 Å². The Kier molecular flexibility index (Phi) is 6.34. The molecule has 1 radical (unpaired) electrons. The minimum absolute atomic E-state index is 0. The molecule has 0 spiro atoms. The number of hydrogen-bond acceptors (Lipinski definition) is 4. The maximum absolute atomic E-state index is 10.4. The van der Waals surface area contributed by atoms with Gasteiger partial charge < -0.3 is 9.27 Å². The van der Waals surface area contributed by atoms with E-state index in [1.807, 2.05) is 4.72 Å². The van der Waals surface area contributed by atoms with Gasteiger partial charge in [0.05, 0.1) is 10.6 Å². The number of nitrogens with zero attached hydrogens (tertiary/aromatic N) is 1. The van der Waals surface area contributed by atoms with E-state index in [1.54, 1.807) is 0 Å². The molecule has 1 rings (SSSR count). The molecule has 0 bridgehead atoms. The predicted octanol–water partition coefficient (Wildman–Crippen LogP) is 1.07. The molecule has 0 aliphatic carbocycles. The van der Waals surface area contributed by atoms with Crippen LogP contribution in [-0.2, 0) is 11.3 Å². The third-order valence-corrected chi connectivity index (χ3v) is 2.07. The van der Waals surface area contributed by atoms with E-state index in [9.17, 15) is 18.9 Å². The number of rotatable bonds is 3. The number of anilines is 1. The van der Waals surface area contributed by atoms with Crippen LogP contribution in [0.15, 0.2) is 18.2 Å². The van der Waals surface area contributed by atoms with Crippen LogP contribution in [0.3, 0.4) is 0 Å². The summed E-state index contributed by atoms with van der Waals surface area (Å²) in [5, 5.41) is 10.4. The van der Waals surface area contributed by atoms with Gasteiger partial charge in [-0.05, 0) is 12.1 Å². The van der Waals surface area contributed by atoms with Gasteiger partial charge in [0.25, 0.3) is 5.69 Å². The van der Waals surface area contributed by atoms with Crippen LogP contribution in [0.5, 0.6) is 0 Å². The van der Waals surface area contributed by atoms with Crippen LogP contribution in [0.25, 0.3) is 0 Å². The normalized spacial score (nSPS) is 11.3. The Balaban J connectivity index is 0.00000196. The van der Waals surface area contributed by atoms with Crippen molar-refractivity contribution in [3.05, 3.63) is 33.3 Å².